The highest BCUT2D eigenvalue weighted by molar-refractivity contribution is 6.18. The standard InChI is InChI=1S/C50H34N4/c1-50(2)40-23-13-10-21-38(40)47-41(50)26-27-46-48(47)39-22-12-15-25-45(39)54(46)36-29-34(37-20-11-14-24-42(37)51-3)28-35(30-36)44-31-43(32-16-6-4-7-17-32)52-49(53-44)33-18-8-5-9-19-33/h4-31H,1-2H3. The van der Waals surface area contributed by atoms with Crippen molar-refractivity contribution in [2.75, 3.05) is 0 Å². The fourth-order valence-corrected chi connectivity index (χ4v) is 8.46. The molecule has 4 nitrogen and oxygen atoms in total. The fourth-order valence-electron chi connectivity index (χ4n) is 8.46. The molecule has 4 heteroatoms. The van der Waals surface area contributed by atoms with Crippen molar-refractivity contribution in [2.24, 2.45) is 0 Å². The molecule has 2 aromatic heterocycles. The first-order chi connectivity index (χ1) is 26.5. The van der Waals surface area contributed by atoms with E-state index >= 15 is 0 Å². The highest BCUT2D eigenvalue weighted by Crippen LogP contribution is 2.53. The van der Waals surface area contributed by atoms with Gasteiger partial charge in [0.1, 0.15) is 0 Å². The summed E-state index contributed by atoms with van der Waals surface area (Å²) in [5.74, 6) is 0.661. The summed E-state index contributed by atoms with van der Waals surface area (Å²) in [5, 5.41) is 2.47. The van der Waals surface area contributed by atoms with Crippen molar-refractivity contribution >= 4 is 27.5 Å². The number of nitrogens with zero attached hydrogens (tertiary/aromatic N) is 4. The van der Waals surface area contributed by atoms with Crippen LogP contribution in [0.2, 0.25) is 0 Å². The number of fused-ring (bicyclic) bond motifs is 7. The summed E-state index contributed by atoms with van der Waals surface area (Å²) in [6, 6.07) is 59.3. The van der Waals surface area contributed by atoms with E-state index in [4.69, 9.17) is 16.5 Å². The summed E-state index contributed by atoms with van der Waals surface area (Å²) in [6.45, 7) is 12.7. The van der Waals surface area contributed by atoms with Gasteiger partial charge >= 0.3 is 0 Å². The minimum Gasteiger partial charge on any atom is -0.309 e. The number of para-hydroxylation sites is 2. The second kappa shape index (κ2) is 12.3. The van der Waals surface area contributed by atoms with Gasteiger partial charge in [-0.25, -0.2) is 14.8 Å². The van der Waals surface area contributed by atoms with Crippen molar-refractivity contribution in [3.63, 3.8) is 0 Å². The molecule has 0 aliphatic heterocycles. The first kappa shape index (κ1) is 31.6. The van der Waals surface area contributed by atoms with Crippen molar-refractivity contribution in [3.8, 4) is 61.8 Å². The Hall–Kier alpha value is -7.09. The maximum Gasteiger partial charge on any atom is 0.194 e. The molecule has 0 radical (unpaired) electrons. The van der Waals surface area contributed by atoms with Crippen LogP contribution in [-0.4, -0.2) is 14.5 Å². The number of benzene rings is 7. The molecule has 0 atom stereocenters. The summed E-state index contributed by atoms with van der Waals surface area (Å²) in [6.07, 6.45) is 0. The van der Waals surface area contributed by atoms with Gasteiger partial charge in [0.05, 0.1) is 29.0 Å². The lowest BCUT2D eigenvalue weighted by Gasteiger charge is -2.21. The van der Waals surface area contributed by atoms with Crippen LogP contribution in [0, 0.1) is 6.57 Å². The first-order valence-corrected chi connectivity index (χ1v) is 18.3. The van der Waals surface area contributed by atoms with Crippen LogP contribution < -0.4 is 0 Å². The van der Waals surface area contributed by atoms with E-state index < -0.39 is 0 Å². The Morgan fingerprint density at radius 2 is 1.15 bits per heavy atom. The molecule has 7 aromatic carbocycles. The van der Waals surface area contributed by atoms with Gasteiger partial charge in [-0.15, -0.1) is 0 Å². The zero-order valence-corrected chi connectivity index (χ0v) is 30.0. The Bertz CT molecular complexity index is 2910. The summed E-state index contributed by atoms with van der Waals surface area (Å²) in [7, 11) is 0. The summed E-state index contributed by atoms with van der Waals surface area (Å²) in [4.78, 5) is 14.2. The molecule has 254 valence electrons. The first-order valence-electron chi connectivity index (χ1n) is 18.3. The molecule has 0 bridgehead atoms. The summed E-state index contributed by atoms with van der Waals surface area (Å²) in [5.41, 5.74) is 15.5. The van der Waals surface area contributed by atoms with Crippen molar-refractivity contribution in [1.82, 2.24) is 14.5 Å². The lowest BCUT2D eigenvalue weighted by Crippen LogP contribution is -2.14. The van der Waals surface area contributed by atoms with E-state index in [1.807, 2.05) is 60.7 Å². The van der Waals surface area contributed by atoms with Gasteiger partial charge in [-0.05, 0) is 69.8 Å². The molecule has 10 rings (SSSR count). The smallest absolute Gasteiger partial charge is 0.194 e. The number of hydrogen-bond acceptors (Lipinski definition) is 2. The van der Waals surface area contributed by atoms with Gasteiger partial charge < -0.3 is 4.57 Å². The minimum atomic E-state index is -0.111. The second-order valence-electron chi connectivity index (χ2n) is 14.5. The van der Waals surface area contributed by atoms with Gasteiger partial charge in [0.2, 0.25) is 0 Å². The van der Waals surface area contributed by atoms with Crippen LogP contribution in [0.3, 0.4) is 0 Å². The molecule has 1 aliphatic rings. The zero-order valence-electron chi connectivity index (χ0n) is 30.0. The molecule has 0 saturated carbocycles. The Morgan fingerprint density at radius 1 is 0.519 bits per heavy atom. The van der Waals surface area contributed by atoms with Crippen LogP contribution >= 0.6 is 0 Å². The summed E-state index contributed by atoms with van der Waals surface area (Å²) < 4.78 is 2.39. The van der Waals surface area contributed by atoms with E-state index in [9.17, 15) is 0 Å². The van der Waals surface area contributed by atoms with Crippen LogP contribution in [0.25, 0.3) is 88.5 Å². The number of hydrogen-bond donors (Lipinski definition) is 0. The fraction of sp³-hybridized carbons (Fsp3) is 0.0600. The Morgan fingerprint density at radius 3 is 1.93 bits per heavy atom. The van der Waals surface area contributed by atoms with E-state index in [1.54, 1.807) is 0 Å². The highest BCUT2D eigenvalue weighted by Gasteiger charge is 2.37. The predicted molar refractivity (Wildman–Crippen MR) is 222 cm³/mol. The zero-order chi connectivity index (χ0) is 36.4. The molecule has 2 heterocycles. The van der Waals surface area contributed by atoms with Crippen molar-refractivity contribution in [3.05, 3.63) is 192 Å². The van der Waals surface area contributed by atoms with Gasteiger partial charge in [0.25, 0.3) is 0 Å². The minimum absolute atomic E-state index is 0.111. The van der Waals surface area contributed by atoms with Gasteiger partial charge in [0, 0.05) is 38.6 Å². The van der Waals surface area contributed by atoms with Gasteiger partial charge in [-0.1, -0.05) is 147 Å². The quantitative estimate of drug-likeness (QED) is 0.169. The van der Waals surface area contributed by atoms with E-state index in [-0.39, 0.29) is 5.41 Å². The lowest BCUT2D eigenvalue weighted by atomic mass is 9.82. The molecule has 0 amide bonds. The molecular weight excluding hydrogens is 657 g/mol. The SMILES string of the molecule is [C-]#[N+]c1ccccc1-c1cc(-c2cc(-c3ccccc3)nc(-c3ccccc3)n2)cc(-n2c3ccccc3c3c4c(ccc32)C(C)(C)c2ccccc2-4)c1. The van der Waals surface area contributed by atoms with Gasteiger partial charge in [-0.3, -0.25) is 0 Å². The average molecular weight is 691 g/mol. The van der Waals surface area contributed by atoms with Crippen LogP contribution in [-0.2, 0) is 5.41 Å². The molecular formula is C50H34N4. The summed E-state index contributed by atoms with van der Waals surface area (Å²) >= 11 is 0. The molecule has 1 aliphatic carbocycles. The third-order valence-electron chi connectivity index (χ3n) is 11.0. The topological polar surface area (TPSA) is 35.1 Å². The normalized spacial score (nSPS) is 12.8. The monoisotopic (exact) mass is 690 g/mol. The van der Waals surface area contributed by atoms with Gasteiger partial charge in [-0.2, -0.15) is 0 Å². The van der Waals surface area contributed by atoms with Crippen molar-refractivity contribution < 1.29 is 0 Å². The van der Waals surface area contributed by atoms with E-state index in [2.05, 4.69) is 132 Å². The van der Waals surface area contributed by atoms with E-state index in [1.165, 1.54) is 33.0 Å². The highest BCUT2D eigenvalue weighted by atomic mass is 15.0. The maximum absolute atomic E-state index is 8.07. The average Bonchev–Trinajstić information content (AvgIpc) is 3.69. The van der Waals surface area contributed by atoms with E-state index in [0.29, 0.717) is 11.5 Å². The Kier molecular flexibility index (Phi) is 7.18. The molecule has 0 saturated heterocycles. The molecule has 0 fully saturated rings. The third-order valence-corrected chi connectivity index (χ3v) is 11.0. The molecule has 0 spiro atoms. The van der Waals surface area contributed by atoms with E-state index in [0.717, 1.165) is 55.9 Å². The van der Waals surface area contributed by atoms with Crippen LogP contribution in [0.15, 0.2) is 170 Å². The molecule has 9 aromatic rings. The number of rotatable bonds is 5. The van der Waals surface area contributed by atoms with Crippen LogP contribution in [0.4, 0.5) is 5.69 Å². The van der Waals surface area contributed by atoms with Gasteiger partial charge in [0.15, 0.2) is 11.5 Å². The Balaban J connectivity index is 1.29. The predicted octanol–water partition coefficient (Wildman–Crippen LogP) is 13.1. The number of aromatic nitrogens is 3. The van der Waals surface area contributed by atoms with Crippen molar-refractivity contribution in [2.45, 2.75) is 19.3 Å². The largest absolute Gasteiger partial charge is 0.309 e. The lowest BCUT2D eigenvalue weighted by molar-refractivity contribution is 0.661. The molecule has 0 N–H and O–H groups in total. The van der Waals surface area contributed by atoms with Crippen LogP contribution in [0.5, 0.6) is 0 Å². The molecule has 0 unspecified atom stereocenters. The third kappa shape index (κ3) is 4.90. The molecule has 54 heavy (non-hydrogen) atoms. The maximum atomic E-state index is 8.07. The second-order valence-corrected chi connectivity index (χ2v) is 14.5. The van der Waals surface area contributed by atoms with Crippen LogP contribution in [0.1, 0.15) is 25.0 Å². The Labute approximate surface area is 314 Å². The van der Waals surface area contributed by atoms with Crippen molar-refractivity contribution in [1.29, 1.82) is 0 Å².